The number of hydrogen-bond donors (Lipinski definition) is 3. The second-order valence-electron chi connectivity index (χ2n) is 29.6. The Morgan fingerprint density at radius 2 is 0.575 bits per heavy atom. The first-order valence-corrected chi connectivity index (χ1v) is 49.6. The summed E-state index contributed by atoms with van der Waals surface area (Å²) in [5.74, 6) is 0. The Morgan fingerprint density at radius 3 is 0.851 bits per heavy atom. The number of carbonyl (C=O) groups is 1. The van der Waals surface area contributed by atoms with Crippen LogP contribution in [-0.4, -0.2) is 58.5 Å². The van der Waals surface area contributed by atoms with Crippen LogP contribution in [0.5, 0.6) is 0 Å². The summed E-state index contributed by atoms with van der Waals surface area (Å²) in [4.78, 5) is 20.2. The number of aliphatic hydroxyl groups is 1. The number of carbonyl (C=O) groups excluding carboxylic acids is 1. The van der Waals surface area contributed by atoms with Crippen molar-refractivity contribution < 1.29 is 84.8 Å². The Balaban J connectivity index is 0.000000160. The van der Waals surface area contributed by atoms with E-state index in [9.17, 15) is 0 Å². The van der Waals surface area contributed by atoms with E-state index >= 15 is 0 Å². The summed E-state index contributed by atoms with van der Waals surface area (Å²) >= 11 is 3.42. The fourth-order valence-electron chi connectivity index (χ4n) is 14.5. The molecule has 0 fully saturated rings. The molecule has 20 rings (SSSR count). The number of aromatic nitrogens is 2. The SMILES string of the molecule is CCOCCO.Cc1ccc2cc(-c3cccc4ccccc34)ccc2n1.Cc1ccc2cc(Br)ccc2n1.O=CO[O-].OB(O)c1cccc2ccccc12.[Na+].[Pd].c1ccc(P(c2ccccc2)c2ccccc2)cc1.c1ccc(P(c2ccccc2)c2ccccc2)cc1.c1ccc(P(c2ccccc2)c2ccccc2)cc1.c1ccc(P(c2ccccc2)c2ccccc2)cc1. The fraction of sp³-hybridized carbons (Fsp3) is 0.0513. The molecule has 9 nitrogen and oxygen atoms in total. The van der Waals surface area contributed by atoms with E-state index in [1.807, 2.05) is 75.4 Å². The average Bonchev–Trinajstić information content (AvgIpc) is 0.785. The van der Waals surface area contributed by atoms with Gasteiger partial charge in [0.2, 0.25) is 0 Å². The standard InChI is InChI=1S/C20H15N.4C18H15P.C10H9BO2.C10H8BrN.C4H10O2.CH2O3.Na.Pd/c1-14-9-10-17-13-16(11-12-20(17)21-14)19-8-4-6-15-5-2-3-7-18(15)19;4*1-4-10-16(11-5-1)19(17-12-6-2-7-13-17)18-14-8-3-9-15-18;12-11(13)10-7-3-5-8-4-1-2-6-9(8)10;1-7-2-3-8-6-9(11)4-5-10(8)12-7;1-2-6-4-3-5;2-1-4-3;;/h2-13H,1H3;4*1-15H;1-7,12-13H;2-6H,1H3;5H,2-4H2,1H3;1,3H;;/q;;;;;;;;;+1;/p-1. The van der Waals surface area contributed by atoms with Gasteiger partial charge in [-0.3, -0.25) is 14.8 Å². The van der Waals surface area contributed by atoms with Gasteiger partial charge in [0.1, 0.15) is 0 Å². The van der Waals surface area contributed by atoms with Gasteiger partial charge in [0.25, 0.3) is 6.47 Å². The first-order valence-electron chi connectivity index (χ1n) is 43.4. The van der Waals surface area contributed by atoms with Crippen LogP contribution in [0.4, 0.5) is 0 Å². The maximum atomic E-state index is 9.08. The summed E-state index contributed by atoms with van der Waals surface area (Å²) in [6.45, 7) is 7.04. The number of hydrogen-bond acceptors (Lipinski definition) is 9. The summed E-state index contributed by atoms with van der Waals surface area (Å²) in [5, 5.41) is 58.3. The fourth-order valence-corrected chi connectivity index (χ4v) is 24.1. The topological polar surface area (TPSA) is 145 Å². The molecule has 0 unspecified atom stereocenters. The van der Waals surface area contributed by atoms with Crippen molar-refractivity contribution in [3.05, 3.63) is 525 Å². The van der Waals surface area contributed by atoms with E-state index in [0.29, 0.717) is 18.7 Å². The number of pyridine rings is 2. The number of fused-ring (bicyclic) bond motifs is 4. The number of halogens is 1. The van der Waals surface area contributed by atoms with Crippen LogP contribution in [0, 0.1) is 13.8 Å². The Hall–Kier alpha value is -11.5. The van der Waals surface area contributed by atoms with E-state index in [0.717, 1.165) is 37.7 Å². The van der Waals surface area contributed by atoms with Crippen LogP contribution in [0.1, 0.15) is 18.3 Å². The molecule has 134 heavy (non-hydrogen) atoms. The van der Waals surface area contributed by atoms with Gasteiger partial charge in [-0.25, -0.2) is 0 Å². The number of benzene rings is 18. The molecular formula is C117H103BBrN2NaO7P4Pd. The van der Waals surface area contributed by atoms with Crippen molar-refractivity contribution in [1.82, 2.24) is 9.97 Å². The summed E-state index contributed by atoms with van der Waals surface area (Å²) in [6, 6.07) is 178. The van der Waals surface area contributed by atoms with Crippen LogP contribution in [0.25, 0.3) is 54.5 Å². The Bertz CT molecular complexity index is 5810. The molecule has 0 amide bonds. The zero-order valence-corrected chi connectivity index (χ0v) is 83.8. The Kier molecular flexibility index (Phi) is 45.7. The van der Waals surface area contributed by atoms with E-state index in [4.69, 9.17) is 29.9 Å². The van der Waals surface area contributed by atoms with E-state index in [2.05, 4.69) is 480 Å². The Labute approximate surface area is 838 Å². The van der Waals surface area contributed by atoms with Crippen molar-refractivity contribution in [1.29, 1.82) is 0 Å². The molecule has 0 aliphatic heterocycles. The van der Waals surface area contributed by atoms with Crippen molar-refractivity contribution in [3.8, 4) is 11.1 Å². The minimum Gasteiger partial charge on any atom is -0.662 e. The van der Waals surface area contributed by atoms with E-state index in [1.54, 1.807) is 6.07 Å². The second kappa shape index (κ2) is 58.6. The van der Waals surface area contributed by atoms with Crippen LogP contribution in [-0.2, 0) is 34.8 Å². The molecule has 0 radical (unpaired) electrons. The zero-order valence-electron chi connectivity index (χ0n) is 75.1. The molecule has 664 valence electrons. The largest absolute Gasteiger partial charge is 1.00 e. The van der Waals surface area contributed by atoms with Crippen LogP contribution in [0.3, 0.4) is 0 Å². The minimum atomic E-state index is -1.40. The maximum absolute atomic E-state index is 9.08. The first kappa shape index (κ1) is 105. The summed E-state index contributed by atoms with van der Waals surface area (Å²) in [5.41, 5.74) is 7.29. The van der Waals surface area contributed by atoms with Crippen molar-refractivity contribution in [3.63, 3.8) is 0 Å². The van der Waals surface area contributed by atoms with Gasteiger partial charge in [-0.05, 0) is 197 Å². The predicted octanol–water partition coefficient (Wildman–Crippen LogP) is 18.4. The normalized spacial score (nSPS) is 10.2. The summed E-state index contributed by atoms with van der Waals surface area (Å²) in [7, 11) is -3.18. The van der Waals surface area contributed by atoms with Crippen LogP contribution >= 0.6 is 47.6 Å². The molecule has 20 aromatic rings. The molecule has 0 aliphatic carbocycles. The molecule has 0 spiro atoms. The molecule has 0 saturated carbocycles. The minimum absolute atomic E-state index is 0. The van der Waals surface area contributed by atoms with Gasteiger partial charge in [-0.15, -0.1) is 0 Å². The molecule has 0 atom stereocenters. The number of ether oxygens (including phenoxy) is 1. The number of rotatable bonds is 18. The third kappa shape index (κ3) is 32.4. The monoisotopic (exact) mass is 1990 g/mol. The molecular weight excluding hydrogens is 1890 g/mol. The van der Waals surface area contributed by atoms with Crippen LogP contribution in [0.15, 0.2) is 514 Å². The smallest absolute Gasteiger partial charge is 0.662 e. The quantitative estimate of drug-likeness (QED) is 0.0191. The molecule has 0 aliphatic rings. The molecule has 18 aromatic carbocycles. The first-order chi connectivity index (χ1) is 65.0. The summed E-state index contributed by atoms with van der Waals surface area (Å²) < 4.78 is 5.83. The van der Waals surface area contributed by atoms with Gasteiger partial charge >= 0.3 is 36.7 Å². The zero-order chi connectivity index (χ0) is 92.0. The Morgan fingerprint density at radius 1 is 0.321 bits per heavy atom. The van der Waals surface area contributed by atoms with Crippen molar-refractivity contribution in [2.75, 3.05) is 19.8 Å². The number of aryl methyl sites for hydroxylation is 2. The molecule has 0 saturated heterocycles. The van der Waals surface area contributed by atoms with Crippen molar-refractivity contribution in [2.24, 2.45) is 0 Å². The van der Waals surface area contributed by atoms with Crippen LogP contribution in [0.2, 0.25) is 0 Å². The van der Waals surface area contributed by atoms with Gasteiger partial charge < -0.3 is 30.0 Å². The van der Waals surface area contributed by atoms with Gasteiger partial charge in [0.15, 0.2) is 0 Å². The predicted molar refractivity (Wildman–Crippen MR) is 569 cm³/mol. The van der Waals surface area contributed by atoms with E-state index in [1.165, 1.54) is 96.3 Å². The molecule has 17 heteroatoms. The second-order valence-corrected chi connectivity index (χ2v) is 39.4. The van der Waals surface area contributed by atoms with Gasteiger partial charge in [-0.1, -0.05) is 483 Å². The summed E-state index contributed by atoms with van der Waals surface area (Å²) in [6.07, 6.45) is 0. The molecule has 2 aromatic heterocycles. The van der Waals surface area contributed by atoms with Gasteiger partial charge in [0, 0.05) is 53.7 Å². The van der Waals surface area contributed by atoms with Gasteiger partial charge in [-0.2, -0.15) is 0 Å². The third-order valence-corrected chi connectivity index (χ3v) is 30.7. The third-order valence-electron chi connectivity index (χ3n) is 20.5. The van der Waals surface area contributed by atoms with Crippen molar-refractivity contribution >= 4 is 174 Å². The van der Waals surface area contributed by atoms with E-state index < -0.39 is 38.8 Å². The number of nitrogens with zero attached hydrogens (tertiary/aromatic N) is 2. The van der Waals surface area contributed by atoms with Gasteiger partial charge in [0.05, 0.1) is 24.2 Å². The van der Waals surface area contributed by atoms with Crippen LogP contribution < -0.4 is 104 Å². The van der Waals surface area contributed by atoms with E-state index in [-0.39, 0.29) is 63.1 Å². The van der Waals surface area contributed by atoms with Crippen molar-refractivity contribution in [2.45, 2.75) is 20.8 Å². The molecule has 2 heterocycles. The maximum Gasteiger partial charge on any atom is 1.00 e. The average molecular weight is 1990 g/mol. The molecule has 3 N–H and O–H groups in total. The number of aliphatic hydroxyl groups excluding tert-OH is 1. The molecule has 0 bridgehead atoms.